The van der Waals surface area contributed by atoms with Crippen molar-refractivity contribution in [2.24, 2.45) is 18.4 Å². The van der Waals surface area contributed by atoms with Gasteiger partial charge in [0.2, 0.25) is 0 Å². The molecular weight excluding hydrogens is 296 g/mol. The molecule has 0 aliphatic rings. The lowest BCUT2D eigenvalue weighted by atomic mass is 9.72. The number of aryl methyl sites for hydroxylation is 2. The number of aliphatic carboxylic acids is 1. The molecule has 1 heterocycles. The van der Waals surface area contributed by atoms with E-state index < -0.39 is 23.3 Å². The number of hydrogen-bond donors (Lipinski definition) is 1. The molecule has 0 radical (unpaired) electrons. The molecule has 0 saturated heterocycles. The van der Waals surface area contributed by atoms with Gasteiger partial charge in [-0.05, 0) is 19.8 Å². The van der Waals surface area contributed by atoms with Gasteiger partial charge in [0.25, 0.3) is 0 Å². The largest absolute Gasteiger partial charge is 0.480 e. The summed E-state index contributed by atoms with van der Waals surface area (Å²) >= 11 is 6.17. The zero-order valence-electron chi connectivity index (χ0n) is 12.9. The summed E-state index contributed by atoms with van der Waals surface area (Å²) in [6.45, 7) is 6.88. The van der Waals surface area contributed by atoms with E-state index in [-0.39, 0.29) is 13.0 Å². The Kier molecular flexibility index (Phi) is 5.39. The minimum Gasteiger partial charge on any atom is -0.480 e. The van der Waals surface area contributed by atoms with Crippen LogP contribution in [-0.4, -0.2) is 33.4 Å². The molecule has 1 atom stereocenters. The molecule has 0 aromatic carbocycles. The number of carboxylic acid groups (broad SMARTS) is 1. The maximum Gasteiger partial charge on any atom is 0.324 e. The zero-order chi connectivity index (χ0) is 16.4. The first kappa shape index (κ1) is 17.5. The minimum absolute atomic E-state index is 0.0443. The van der Waals surface area contributed by atoms with Crippen molar-refractivity contribution in [3.05, 3.63) is 16.4 Å². The van der Waals surface area contributed by atoms with Crippen LogP contribution in [0.25, 0.3) is 0 Å². The molecule has 21 heavy (non-hydrogen) atoms. The van der Waals surface area contributed by atoms with Crippen molar-refractivity contribution in [3.63, 3.8) is 0 Å². The van der Waals surface area contributed by atoms with Crippen LogP contribution in [0.4, 0.5) is 0 Å². The Morgan fingerprint density at radius 1 is 1.48 bits per heavy atom. The Hall–Kier alpha value is -1.56. The van der Waals surface area contributed by atoms with Gasteiger partial charge >= 0.3 is 11.9 Å². The number of carboxylic acids is 1. The predicted molar refractivity (Wildman–Crippen MR) is 78.2 cm³/mol. The number of hydrogen-bond acceptors (Lipinski definition) is 4. The molecular formula is C14H21ClN2O4. The maximum atomic E-state index is 12.3. The summed E-state index contributed by atoms with van der Waals surface area (Å²) in [5, 5.41) is 14.2. The van der Waals surface area contributed by atoms with E-state index in [1.165, 1.54) is 4.68 Å². The third-order valence-corrected chi connectivity index (χ3v) is 4.21. The number of carbonyl (C=O) groups is 2. The monoisotopic (exact) mass is 316 g/mol. The highest BCUT2D eigenvalue weighted by Gasteiger charge is 2.51. The van der Waals surface area contributed by atoms with Gasteiger partial charge in [0.15, 0.2) is 5.41 Å². The fourth-order valence-corrected chi connectivity index (χ4v) is 2.58. The maximum absolute atomic E-state index is 12.3. The van der Waals surface area contributed by atoms with Gasteiger partial charge in [0, 0.05) is 19.0 Å². The molecule has 0 aliphatic carbocycles. The Labute approximate surface area is 129 Å². The van der Waals surface area contributed by atoms with Crippen molar-refractivity contribution < 1.29 is 19.4 Å². The van der Waals surface area contributed by atoms with Crippen molar-refractivity contribution in [2.45, 2.75) is 34.1 Å². The average Bonchev–Trinajstić information content (AvgIpc) is 2.60. The first-order valence-corrected chi connectivity index (χ1v) is 7.14. The summed E-state index contributed by atoms with van der Waals surface area (Å²) in [6.07, 6.45) is -0.0443. The molecule has 0 bridgehead atoms. The minimum atomic E-state index is -1.67. The first-order valence-electron chi connectivity index (χ1n) is 6.77. The van der Waals surface area contributed by atoms with Crippen molar-refractivity contribution >= 4 is 23.5 Å². The zero-order valence-corrected chi connectivity index (χ0v) is 13.7. The number of halogens is 1. The Bertz CT molecular complexity index is 553. The van der Waals surface area contributed by atoms with E-state index >= 15 is 0 Å². The van der Waals surface area contributed by atoms with Crippen LogP contribution >= 0.6 is 11.6 Å². The van der Waals surface area contributed by atoms with E-state index in [1.807, 2.05) is 0 Å². The standard InChI is InChI=1S/C14H21ClN2O4/c1-6-21-13(20)14(8(2)3,12(18)19)7-10-9(4)16-17(5)11(10)15/h8H,6-7H2,1-5H3,(H,18,19). The summed E-state index contributed by atoms with van der Waals surface area (Å²) in [6, 6.07) is 0. The lowest BCUT2D eigenvalue weighted by molar-refractivity contribution is -0.172. The van der Waals surface area contributed by atoms with Crippen LogP contribution in [0.5, 0.6) is 0 Å². The smallest absolute Gasteiger partial charge is 0.324 e. The number of carbonyl (C=O) groups excluding carboxylic acids is 1. The average molecular weight is 317 g/mol. The molecule has 0 spiro atoms. The number of ether oxygens (including phenoxy) is 1. The van der Waals surface area contributed by atoms with E-state index in [0.717, 1.165) is 0 Å². The van der Waals surface area contributed by atoms with Crippen LogP contribution in [0, 0.1) is 18.3 Å². The van der Waals surface area contributed by atoms with Gasteiger partial charge < -0.3 is 9.84 Å². The van der Waals surface area contributed by atoms with Crippen LogP contribution in [-0.2, 0) is 27.8 Å². The SMILES string of the molecule is CCOC(=O)C(Cc1c(C)nn(C)c1Cl)(C(=O)O)C(C)C. The second-order valence-corrected chi connectivity index (χ2v) is 5.66. The third-order valence-electron chi connectivity index (χ3n) is 3.73. The molecule has 0 saturated carbocycles. The summed E-state index contributed by atoms with van der Waals surface area (Å²) in [7, 11) is 1.67. The van der Waals surface area contributed by atoms with E-state index in [4.69, 9.17) is 16.3 Å². The Morgan fingerprint density at radius 2 is 2.05 bits per heavy atom. The van der Waals surface area contributed by atoms with Crippen LogP contribution < -0.4 is 0 Å². The Morgan fingerprint density at radius 3 is 2.38 bits per heavy atom. The molecule has 1 aromatic heterocycles. The van der Waals surface area contributed by atoms with Crippen molar-refractivity contribution in [1.29, 1.82) is 0 Å². The van der Waals surface area contributed by atoms with Gasteiger partial charge in [-0.2, -0.15) is 5.10 Å². The number of aromatic nitrogens is 2. The highest BCUT2D eigenvalue weighted by molar-refractivity contribution is 6.30. The highest BCUT2D eigenvalue weighted by Crippen LogP contribution is 2.37. The fourth-order valence-electron chi connectivity index (χ4n) is 2.34. The molecule has 0 amide bonds. The van der Waals surface area contributed by atoms with Crippen LogP contribution in [0.15, 0.2) is 0 Å². The van der Waals surface area contributed by atoms with Crippen molar-refractivity contribution in [1.82, 2.24) is 9.78 Å². The van der Waals surface area contributed by atoms with E-state index in [1.54, 1.807) is 34.7 Å². The molecule has 6 nitrogen and oxygen atoms in total. The highest BCUT2D eigenvalue weighted by atomic mass is 35.5. The van der Waals surface area contributed by atoms with Gasteiger partial charge in [-0.15, -0.1) is 0 Å². The summed E-state index contributed by atoms with van der Waals surface area (Å²) in [4.78, 5) is 24.2. The number of esters is 1. The van der Waals surface area contributed by atoms with Gasteiger partial charge in [0.1, 0.15) is 5.15 Å². The van der Waals surface area contributed by atoms with Gasteiger partial charge in [-0.3, -0.25) is 14.3 Å². The van der Waals surface area contributed by atoms with Crippen molar-refractivity contribution in [3.8, 4) is 0 Å². The third kappa shape index (κ3) is 3.05. The second kappa shape index (κ2) is 6.47. The lowest BCUT2D eigenvalue weighted by Gasteiger charge is -2.30. The normalized spacial score (nSPS) is 14.0. The van der Waals surface area contributed by atoms with Crippen LogP contribution in [0.1, 0.15) is 32.0 Å². The molecule has 1 aromatic rings. The van der Waals surface area contributed by atoms with Crippen LogP contribution in [0.3, 0.4) is 0 Å². The molecule has 118 valence electrons. The quantitative estimate of drug-likeness (QED) is 0.643. The van der Waals surface area contributed by atoms with E-state index in [0.29, 0.717) is 16.4 Å². The fraction of sp³-hybridized carbons (Fsp3) is 0.643. The summed E-state index contributed by atoms with van der Waals surface area (Å²) in [5.74, 6) is -2.41. The van der Waals surface area contributed by atoms with E-state index in [2.05, 4.69) is 5.10 Å². The summed E-state index contributed by atoms with van der Waals surface area (Å²) in [5.41, 5.74) is -0.505. The second-order valence-electron chi connectivity index (χ2n) is 5.31. The molecule has 1 N–H and O–H groups in total. The molecule has 0 aliphatic heterocycles. The van der Waals surface area contributed by atoms with E-state index in [9.17, 15) is 14.7 Å². The number of rotatable bonds is 6. The lowest BCUT2D eigenvalue weighted by Crippen LogP contribution is -2.47. The Balaban J connectivity index is 3.37. The number of nitrogens with zero attached hydrogens (tertiary/aromatic N) is 2. The molecule has 1 rings (SSSR count). The molecule has 0 fully saturated rings. The van der Waals surface area contributed by atoms with Gasteiger partial charge in [-0.25, -0.2) is 0 Å². The topological polar surface area (TPSA) is 81.4 Å². The van der Waals surface area contributed by atoms with Gasteiger partial charge in [0.05, 0.1) is 12.3 Å². The molecule has 7 heteroatoms. The van der Waals surface area contributed by atoms with Gasteiger partial charge in [-0.1, -0.05) is 25.4 Å². The van der Waals surface area contributed by atoms with Crippen molar-refractivity contribution in [2.75, 3.05) is 6.61 Å². The first-order chi connectivity index (χ1) is 9.68. The van der Waals surface area contributed by atoms with Crippen LogP contribution in [0.2, 0.25) is 5.15 Å². The predicted octanol–water partition coefficient (Wildman–Crippen LogP) is 2.21. The summed E-state index contributed by atoms with van der Waals surface area (Å²) < 4.78 is 6.46. The molecule has 1 unspecified atom stereocenters.